The molecule has 2 N–H and O–H groups in total. The van der Waals surface area contributed by atoms with Crippen LogP contribution in [0.25, 0.3) is 16.6 Å². The second kappa shape index (κ2) is 10.0. The normalized spacial score (nSPS) is 11.1. The Morgan fingerprint density at radius 1 is 1.12 bits per heavy atom. The van der Waals surface area contributed by atoms with Crippen LogP contribution >= 0.6 is 11.8 Å². The molecular formula is C24H20N4O4S. The fraction of sp³-hybridized carbons (Fsp3) is 0.0833. The maximum absolute atomic E-state index is 13.2. The summed E-state index contributed by atoms with van der Waals surface area (Å²) >= 11 is 1.13. The zero-order valence-electron chi connectivity index (χ0n) is 17.6. The van der Waals surface area contributed by atoms with Crippen molar-refractivity contribution >= 4 is 34.8 Å². The molecule has 0 atom stereocenters. The lowest BCUT2D eigenvalue weighted by Crippen LogP contribution is -2.24. The van der Waals surface area contributed by atoms with Gasteiger partial charge in [-0.25, -0.2) is 10.4 Å². The van der Waals surface area contributed by atoms with Gasteiger partial charge in [-0.2, -0.15) is 5.10 Å². The maximum atomic E-state index is 13.2. The lowest BCUT2D eigenvalue weighted by Gasteiger charge is -2.12. The number of hydrogen-bond donors (Lipinski definition) is 2. The third-order valence-electron chi connectivity index (χ3n) is 4.73. The number of phenolic OH excluding ortho intramolecular Hbond substituents is 1. The molecule has 0 fully saturated rings. The standard InChI is InChI=1S/C24H20N4O4S/c1-32-20-13-7-8-16(22(20)30)14-25-27-21(29)15-33-24-26-19-12-6-5-11-18(19)23(31)28(24)17-9-3-2-4-10-17/h2-14,30H,15H2,1H3,(H,27,29)/b25-14-. The van der Waals surface area contributed by atoms with Crippen LogP contribution in [-0.4, -0.2) is 39.6 Å². The summed E-state index contributed by atoms with van der Waals surface area (Å²) < 4.78 is 6.55. The number of benzene rings is 3. The molecule has 8 nitrogen and oxygen atoms in total. The van der Waals surface area contributed by atoms with Crippen LogP contribution in [0.1, 0.15) is 5.56 Å². The second-order valence-electron chi connectivity index (χ2n) is 6.87. The quantitative estimate of drug-likeness (QED) is 0.190. The van der Waals surface area contributed by atoms with Gasteiger partial charge < -0.3 is 9.84 Å². The predicted molar refractivity (Wildman–Crippen MR) is 128 cm³/mol. The number of aromatic nitrogens is 2. The SMILES string of the molecule is COc1cccc(/C=N\NC(=O)CSc2nc3ccccc3c(=O)n2-c2ccccc2)c1O. The lowest BCUT2D eigenvalue weighted by atomic mass is 10.2. The molecule has 0 aliphatic rings. The van der Waals surface area contributed by atoms with E-state index in [9.17, 15) is 14.7 Å². The Hall–Kier alpha value is -4.11. The van der Waals surface area contributed by atoms with Crippen molar-refractivity contribution in [1.82, 2.24) is 15.0 Å². The molecule has 0 aliphatic heterocycles. The number of carbonyl (C=O) groups is 1. The van der Waals surface area contributed by atoms with Gasteiger partial charge in [0, 0.05) is 5.56 Å². The Kier molecular flexibility index (Phi) is 6.70. The van der Waals surface area contributed by atoms with Crippen molar-refractivity contribution in [2.24, 2.45) is 5.10 Å². The predicted octanol–water partition coefficient (Wildman–Crippen LogP) is 3.34. The van der Waals surface area contributed by atoms with Crippen molar-refractivity contribution in [2.45, 2.75) is 5.16 Å². The van der Waals surface area contributed by atoms with Crippen LogP contribution in [-0.2, 0) is 4.79 Å². The zero-order valence-corrected chi connectivity index (χ0v) is 18.5. The number of methoxy groups -OCH3 is 1. The lowest BCUT2D eigenvalue weighted by molar-refractivity contribution is -0.118. The van der Waals surface area contributed by atoms with Crippen LogP contribution in [0.15, 0.2) is 87.8 Å². The molecule has 0 unspecified atom stereocenters. The van der Waals surface area contributed by atoms with E-state index >= 15 is 0 Å². The van der Waals surface area contributed by atoms with E-state index in [1.54, 1.807) is 36.4 Å². The van der Waals surface area contributed by atoms with Crippen LogP contribution in [0.2, 0.25) is 0 Å². The number of nitrogens with zero attached hydrogens (tertiary/aromatic N) is 3. The number of carbonyl (C=O) groups excluding carboxylic acids is 1. The Balaban J connectivity index is 1.53. The molecule has 9 heteroatoms. The number of ether oxygens (including phenoxy) is 1. The molecule has 0 spiro atoms. The summed E-state index contributed by atoms with van der Waals surface area (Å²) in [6.45, 7) is 0. The van der Waals surface area contributed by atoms with Crippen molar-refractivity contribution in [1.29, 1.82) is 0 Å². The minimum atomic E-state index is -0.388. The van der Waals surface area contributed by atoms with Crippen molar-refractivity contribution in [3.05, 3.63) is 88.7 Å². The van der Waals surface area contributed by atoms with E-state index in [-0.39, 0.29) is 23.0 Å². The molecule has 0 radical (unpaired) electrons. The Morgan fingerprint density at radius 3 is 2.67 bits per heavy atom. The van der Waals surface area contributed by atoms with Gasteiger partial charge in [0.15, 0.2) is 16.7 Å². The van der Waals surface area contributed by atoms with Crippen LogP contribution in [0.5, 0.6) is 11.5 Å². The molecule has 0 saturated carbocycles. The smallest absolute Gasteiger partial charge is 0.266 e. The summed E-state index contributed by atoms with van der Waals surface area (Å²) in [4.78, 5) is 30.1. The fourth-order valence-corrected chi connectivity index (χ4v) is 3.96. The van der Waals surface area contributed by atoms with Gasteiger partial charge in [0.05, 0.1) is 35.7 Å². The molecular weight excluding hydrogens is 440 g/mol. The average Bonchev–Trinajstić information content (AvgIpc) is 2.84. The Bertz CT molecular complexity index is 1390. The number of para-hydroxylation sites is 3. The molecule has 166 valence electrons. The van der Waals surface area contributed by atoms with Gasteiger partial charge in [-0.15, -0.1) is 0 Å². The van der Waals surface area contributed by atoms with Crippen molar-refractivity contribution in [3.63, 3.8) is 0 Å². The number of phenols is 1. The topological polar surface area (TPSA) is 106 Å². The number of rotatable bonds is 7. The first-order valence-corrected chi connectivity index (χ1v) is 10.9. The van der Waals surface area contributed by atoms with Crippen molar-refractivity contribution < 1.29 is 14.6 Å². The second-order valence-corrected chi connectivity index (χ2v) is 7.81. The molecule has 1 amide bonds. The van der Waals surface area contributed by atoms with Crippen molar-refractivity contribution in [3.8, 4) is 17.2 Å². The summed E-state index contributed by atoms with van der Waals surface area (Å²) in [6, 6.07) is 21.2. The number of amides is 1. The fourth-order valence-electron chi connectivity index (χ4n) is 3.16. The van der Waals surface area contributed by atoms with Gasteiger partial charge in [0.1, 0.15) is 0 Å². The first-order chi connectivity index (χ1) is 16.1. The van der Waals surface area contributed by atoms with E-state index in [2.05, 4.69) is 15.5 Å². The van der Waals surface area contributed by atoms with E-state index in [1.165, 1.54) is 17.9 Å². The average molecular weight is 461 g/mol. The summed E-state index contributed by atoms with van der Waals surface area (Å²) in [5, 5.41) is 14.9. The van der Waals surface area contributed by atoms with Gasteiger partial charge in [0.25, 0.3) is 11.5 Å². The van der Waals surface area contributed by atoms with E-state index in [1.807, 2.05) is 36.4 Å². The maximum Gasteiger partial charge on any atom is 0.266 e. The summed E-state index contributed by atoms with van der Waals surface area (Å²) in [5.74, 6) is -0.165. The number of aromatic hydroxyl groups is 1. The van der Waals surface area contributed by atoms with Crippen molar-refractivity contribution in [2.75, 3.05) is 12.9 Å². The molecule has 0 aliphatic carbocycles. The Morgan fingerprint density at radius 2 is 1.88 bits per heavy atom. The largest absolute Gasteiger partial charge is 0.504 e. The number of nitrogens with one attached hydrogen (secondary N) is 1. The van der Waals surface area contributed by atoms with Crippen LogP contribution in [0.3, 0.4) is 0 Å². The minimum absolute atomic E-state index is 0.0148. The van der Waals surface area contributed by atoms with E-state index < -0.39 is 0 Å². The summed E-state index contributed by atoms with van der Waals surface area (Å²) in [6.07, 6.45) is 1.33. The molecule has 3 aromatic carbocycles. The summed E-state index contributed by atoms with van der Waals surface area (Å²) in [5.41, 5.74) is 3.83. The highest BCUT2D eigenvalue weighted by molar-refractivity contribution is 7.99. The minimum Gasteiger partial charge on any atom is -0.504 e. The van der Waals surface area contributed by atoms with Gasteiger partial charge in [-0.1, -0.05) is 48.2 Å². The van der Waals surface area contributed by atoms with Gasteiger partial charge in [-0.05, 0) is 36.4 Å². The first-order valence-electron chi connectivity index (χ1n) is 9.96. The van der Waals surface area contributed by atoms with Crippen LogP contribution in [0.4, 0.5) is 0 Å². The van der Waals surface area contributed by atoms with Gasteiger partial charge >= 0.3 is 0 Å². The molecule has 0 saturated heterocycles. The highest BCUT2D eigenvalue weighted by Gasteiger charge is 2.14. The molecule has 4 rings (SSSR count). The van der Waals surface area contributed by atoms with Crippen LogP contribution < -0.4 is 15.7 Å². The molecule has 0 bridgehead atoms. The highest BCUT2D eigenvalue weighted by Crippen LogP contribution is 2.28. The number of hydrogen-bond acceptors (Lipinski definition) is 7. The van der Waals surface area contributed by atoms with E-state index in [0.29, 0.717) is 33.1 Å². The highest BCUT2D eigenvalue weighted by atomic mass is 32.2. The molecule has 4 aromatic rings. The van der Waals surface area contributed by atoms with E-state index in [0.717, 1.165) is 11.8 Å². The number of fused-ring (bicyclic) bond motifs is 1. The number of thioether (sulfide) groups is 1. The third-order valence-corrected chi connectivity index (χ3v) is 5.67. The third kappa shape index (κ3) is 4.88. The van der Waals surface area contributed by atoms with E-state index in [4.69, 9.17) is 4.74 Å². The van der Waals surface area contributed by atoms with Crippen LogP contribution in [0, 0.1) is 0 Å². The van der Waals surface area contributed by atoms with Gasteiger partial charge in [0.2, 0.25) is 0 Å². The number of hydrazone groups is 1. The molecule has 1 aromatic heterocycles. The molecule has 1 heterocycles. The Labute approximate surface area is 193 Å². The first kappa shape index (κ1) is 22.1. The summed E-state index contributed by atoms with van der Waals surface area (Å²) in [7, 11) is 1.45. The monoisotopic (exact) mass is 460 g/mol. The van der Waals surface area contributed by atoms with Gasteiger partial charge in [-0.3, -0.25) is 14.2 Å². The molecule has 33 heavy (non-hydrogen) atoms. The zero-order chi connectivity index (χ0) is 23.2.